The number of carbonyl (C=O) groups excluding carboxylic acids is 2. The third-order valence-corrected chi connectivity index (χ3v) is 4.97. The molecule has 168 valence electrons. The lowest BCUT2D eigenvalue weighted by atomic mass is 9.92. The molecule has 1 aromatic heterocycles. The van der Waals surface area contributed by atoms with Crippen LogP contribution in [-0.4, -0.2) is 33.8 Å². The average molecular weight is 450 g/mol. The molecular formula is C21H18N6O6. The van der Waals surface area contributed by atoms with E-state index in [2.05, 4.69) is 25.9 Å². The number of anilines is 4. The number of rotatable bonds is 6. The Morgan fingerprint density at radius 2 is 1.91 bits per heavy atom. The van der Waals surface area contributed by atoms with Crippen LogP contribution in [0.1, 0.15) is 17.9 Å². The van der Waals surface area contributed by atoms with Crippen molar-refractivity contribution in [1.82, 2.24) is 9.97 Å². The number of nitro groups is 1. The highest BCUT2D eigenvalue weighted by molar-refractivity contribution is 6.04. The van der Waals surface area contributed by atoms with E-state index in [9.17, 15) is 24.5 Å². The van der Waals surface area contributed by atoms with Crippen LogP contribution < -0.4 is 26.2 Å². The van der Waals surface area contributed by atoms with Gasteiger partial charge in [0.05, 0.1) is 29.2 Å². The minimum Gasteiger partial charge on any atom is -0.495 e. The summed E-state index contributed by atoms with van der Waals surface area (Å²) in [4.78, 5) is 55.0. The molecule has 12 nitrogen and oxygen atoms in total. The van der Waals surface area contributed by atoms with Gasteiger partial charge in [-0.3, -0.25) is 29.5 Å². The van der Waals surface area contributed by atoms with Gasteiger partial charge < -0.3 is 20.7 Å². The van der Waals surface area contributed by atoms with Gasteiger partial charge in [-0.15, -0.1) is 0 Å². The molecule has 0 aliphatic carbocycles. The zero-order chi connectivity index (χ0) is 23.5. The van der Waals surface area contributed by atoms with E-state index < -0.39 is 28.2 Å². The van der Waals surface area contributed by atoms with Gasteiger partial charge in [-0.05, 0) is 24.3 Å². The molecule has 0 spiro atoms. The molecule has 33 heavy (non-hydrogen) atoms. The van der Waals surface area contributed by atoms with Crippen LogP contribution in [0.5, 0.6) is 5.75 Å². The van der Waals surface area contributed by atoms with E-state index in [1.54, 1.807) is 24.3 Å². The molecule has 0 saturated heterocycles. The predicted molar refractivity (Wildman–Crippen MR) is 119 cm³/mol. The molecule has 4 rings (SSSR count). The molecule has 4 N–H and O–H groups in total. The summed E-state index contributed by atoms with van der Waals surface area (Å²) in [6.45, 7) is 0. The molecule has 0 saturated carbocycles. The van der Waals surface area contributed by atoms with Crippen LogP contribution >= 0.6 is 0 Å². The first-order valence-electron chi connectivity index (χ1n) is 9.75. The highest BCUT2D eigenvalue weighted by Crippen LogP contribution is 2.31. The second kappa shape index (κ2) is 8.78. The van der Waals surface area contributed by atoms with Gasteiger partial charge in [0, 0.05) is 24.2 Å². The van der Waals surface area contributed by atoms with Crippen molar-refractivity contribution in [2.75, 3.05) is 23.1 Å². The lowest BCUT2D eigenvalue weighted by Gasteiger charge is -2.23. The number of nitro benzene ring substituents is 1. The summed E-state index contributed by atoms with van der Waals surface area (Å²) in [5.41, 5.74) is 0.113. The van der Waals surface area contributed by atoms with Crippen molar-refractivity contribution in [3.8, 4) is 5.75 Å². The fraction of sp³-hybridized carbons (Fsp3) is 0.143. The number of aromatic amines is 1. The largest absolute Gasteiger partial charge is 0.495 e. The van der Waals surface area contributed by atoms with Gasteiger partial charge in [0.2, 0.25) is 17.8 Å². The summed E-state index contributed by atoms with van der Waals surface area (Å²) in [5, 5.41) is 18.8. The number of aromatic nitrogens is 2. The number of hydrogen-bond donors (Lipinski definition) is 4. The Kier molecular flexibility index (Phi) is 5.72. The third kappa shape index (κ3) is 4.49. The van der Waals surface area contributed by atoms with Gasteiger partial charge in [-0.25, -0.2) is 0 Å². The maximum Gasteiger partial charge on any atom is 0.269 e. The normalized spacial score (nSPS) is 14.6. The number of non-ortho nitro benzene ring substituents is 1. The molecular weight excluding hydrogens is 432 g/mol. The van der Waals surface area contributed by atoms with Crippen molar-refractivity contribution in [2.45, 2.75) is 12.3 Å². The van der Waals surface area contributed by atoms with Crippen molar-refractivity contribution < 1.29 is 19.2 Å². The number of hydrogen-bond acceptors (Lipinski definition) is 8. The van der Waals surface area contributed by atoms with Crippen molar-refractivity contribution in [1.29, 1.82) is 0 Å². The summed E-state index contributed by atoms with van der Waals surface area (Å²) in [6.07, 6.45) is -0.254. The smallest absolute Gasteiger partial charge is 0.269 e. The minimum atomic E-state index is -1.10. The number of benzene rings is 2. The van der Waals surface area contributed by atoms with E-state index in [4.69, 9.17) is 4.74 Å². The van der Waals surface area contributed by atoms with Crippen molar-refractivity contribution in [2.24, 2.45) is 0 Å². The van der Waals surface area contributed by atoms with Crippen LogP contribution in [0, 0.1) is 10.1 Å². The van der Waals surface area contributed by atoms with E-state index in [1.165, 1.54) is 31.4 Å². The first kappa shape index (κ1) is 21.5. The lowest BCUT2D eigenvalue weighted by Crippen LogP contribution is -2.36. The quantitative estimate of drug-likeness (QED) is 0.328. The molecule has 2 aromatic carbocycles. The van der Waals surface area contributed by atoms with Gasteiger partial charge in [0.1, 0.15) is 11.6 Å². The molecule has 12 heteroatoms. The summed E-state index contributed by atoms with van der Waals surface area (Å²) < 4.78 is 5.26. The van der Waals surface area contributed by atoms with Gasteiger partial charge in [0.15, 0.2) is 0 Å². The molecule has 0 fully saturated rings. The number of para-hydroxylation sites is 2. The molecule has 3 aromatic rings. The Morgan fingerprint density at radius 3 is 2.61 bits per heavy atom. The Bertz CT molecular complexity index is 1300. The highest BCUT2D eigenvalue weighted by Gasteiger charge is 2.35. The molecule has 0 radical (unpaired) electrons. The average Bonchev–Trinajstić information content (AvgIpc) is 2.79. The monoisotopic (exact) mass is 450 g/mol. The number of H-pyrrole nitrogens is 1. The van der Waals surface area contributed by atoms with Crippen LogP contribution in [-0.2, 0) is 9.59 Å². The second-order valence-electron chi connectivity index (χ2n) is 7.10. The van der Waals surface area contributed by atoms with Gasteiger partial charge in [0.25, 0.3) is 11.2 Å². The van der Waals surface area contributed by atoms with Crippen molar-refractivity contribution in [3.05, 3.63) is 74.6 Å². The Balaban J connectivity index is 1.61. The third-order valence-electron chi connectivity index (χ3n) is 4.97. The SMILES string of the molecule is COc1ccccc1Nc1nc2c(c(=O)[nH]1)[C@@H](C(=O)Nc1ccc([N+](=O)[O-])cc1)CC(=O)N2. The van der Waals surface area contributed by atoms with Crippen LogP contribution in [0.2, 0.25) is 0 Å². The topological polar surface area (TPSA) is 168 Å². The first-order chi connectivity index (χ1) is 15.9. The number of fused-ring (bicyclic) bond motifs is 1. The molecule has 0 bridgehead atoms. The summed E-state index contributed by atoms with van der Waals surface area (Å²) >= 11 is 0. The number of ether oxygens (including phenoxy) is 1. The molecule has 1 atom stereocenters. The highest BCUT2D eigenvalue weighted by atomic mass is 16.6. The fourth-order valence-corrected chi connectivity index (χ4v) is 3.43. The molecule has 2 heterocycles. The number of methoxy groups -OCH3 is 1. The molecule has 0 unspecified atom stereocenters. The summed E-state index contributed by atoms with van der Waals surface area (Å²) in [6, 6.07) is 12.2. The molecule has 1 aliphatic rings. The fourth-order valence-electron chi connectivity index (χ4n) is 3.43. The molecule has 2 amide bonds. The number of nitrogens with zero attached hydrogens (tertiary/aromatic N) is 2. The van der Waals surface area contributed by atoms with E-state index >= 15 is 0 Å². The van der Waals surface area contributed by atoms with E-state index in [-0.39, 0.29) is 35.1 Å². The van der Waals surface area contributed by atoms with E-state index in [1.807, 2.05) is 0 Å². The van der Waals surface area contributed by atoms with Crippen molar-refractivity contribution in [3.63, 3.8) is 0 Å². The van der Waals surface area contributed by atoms with E-state index in [0.717, 1.165) is 0 Å². The van der Waals surface area contributed by atoms with Crippen LogP contribution in [0.15, 0.2) is 53.3 Å². The number of amides is 2. The predicted octanol–water partition coefficient (Wildman–Crippen LogP) is 2.49. The lowest BCUT2D eigenvalue weighted by molar-refractivity contribution is -0.384. The van der Waals surface area contributed by atoms with Crippen LogP contribution in [0.3, 0.4) is 0 Å². The Hall–Kier alpha value is -4.74. The Morgan fingerprint density at radius 1 is 1.18 bits per heavy atom. The maximum absolute atomic E-state index is 12.9. The van der Waals surface area contributed by atoms with Gasteiger partial charge in [-0.1, -0.05) is 12.1 Å². The van der Waals surface area contributed by atoms with Gasteiger partial charge >= 0.3 is 0 Å². The zero-order valence-corrected chi connectivity index (χ0v) is 17.2. The number of nitrogens with one attached hydrogen (secondary N) is 4. The number of carbonyl (C=O) groups is 2. The second-order valence-corrected chi connectivity index (χ2v) is 7.10. The molecule has 1 aliphatic heterocycles. The Labute approximate surface area is 186 Å². The van der Waals surface area contributed by atoms with Gasteiger partial charge in [-0.2, -0.15) is 4.98 Å². The van der Waals surface area contributed by atoms with Crippen LogP contribution in [0.25, 0.3) is 0 Å². The minimum absolute atomic E-state index is 0.0135. The summed E-state index contributed by atoms with van der Waals surface area (Å²) in [7, 11) is 1.50. The van der Waals surface area contributed by atoms with E-state index in [0.29, 0.717) is 11.4 Å². The van der Waals surface area contributed by atoms with Crippen LogP contribution in [0.4, 0.5) is 28.8 Å². The zero-order valence-electron chi connectivity index (χ0n) is 17.2. The first-order valence-corrected chi connectivity index (χ1v) is 9.75. The van der Waals surface area contributed by atoms with Crippen molar-refractivity contribution >= 4 is 40.6 Å². The standard InChI is InChI=1S/C21H18N6O6/c1-33-15-5-3-2-4-14(15)23-21-25-18-17(20(30)26-21)13(10-16(28)24-18)19(29)22-11-6-8-12(9-7-11)27(31)32/h2-9,13H,10H2,1H3,(H,22,29)(H3,23,24,25,26,28,30)/t13-/m0/s1. The maximum atomic E-state index is 12.9. The summed E-state index contributed by atoms with van der Waals surface area (Å²) in [5.74, 6) is -1.65.